The fraction of sp³-hybridized carbons (Fsp3) is 0.250. The Labute approximate surface area is 155 Å². The molecular weight excluding hydrogens is 342 g/mol. The Morgan fingerprint density at radius 2 is 1.85 bits per heavy atom. The quantitative estimate of drug-likeness (QED) is 0.571. The number of hydrogen-bond donors (Lipinski definition) is 2. The van der Waals surface area contributed by atoms with Gasteiger partial charge < -0.3 is 10.3 Å². The lowest BCUT2D eigenvalue weighted by Crippen LogP contribution is -2.33. The summed E-state index contributed by atoms with van der Waals surface area (Å²) in [7, 11) is 0. The highest BCUT2D eigenvalue weighted by Crippen LogP contribution is 2.15. The lowest BCUT2D eigenvalue weighted by Gasteiger charge is -2.04. The number of aromatic nitrogens is 4. The minimum Gasteiger partial charge on any atom is -0.347 e. The maximum absolute atomic E-state index is 12.6. The highest BCUT2D eigenvalue weighted by atomic mass is 16.2. The Morgan fingerprint density at radius 3 is 2.56 bits per heavy atom. The molecule has 0 aliphatic rings. The van der Waals surface area contributed by atoms with Crippen LogP contribution in [0.15, 0.2) is 47.3 Å². The van der Waals surface area contributed by atoms with Gasteiger partial charge in [0, 0.05) is 6.54 Å². The van der Waals surface area contributed by atoms with Crippen molar-refractivity contribution in [1.82, 2.24) is 24.4 Å². The van der Waals surface area contributed by atoms with E-state index in [2.05, 4.69) is 15.3 Å². The molecule has 7 heteroatoms. The number of nitrogens with one attached hydrogen (secondary N) is 2. The number of H-pyrrole nitrogens is 1. The summed E-state index contributed by atoms with van der Waals surface area (Å²) in [6.07, 6.45) is 0. The molecule has 27 heavy (non-hydrogen) atoms. The van der Waals surface area contributed by atoms with Crippen molar-refractivity contribution in [3.8, 4) is 0 Å². The lowest BCUT2D eigenvalue weighted by molar-refractivity contribution is -0.121. The van der Waals surface area contributed by atoms with Gasteiger partial charge in [0.2, 0.25) is 5.91 Å². The van der Waals surface area contributed by atoms with Crippen LogP contribution in [0.3, 0.4) is 0 Å². The van der Waals surface area contributed by atoms with Crippen LogP contribution in [-0.4, -0.2) is 25.0 Å². The molecule has 0 saturated heterocycles. The molecule has 0 saturated carbocycles. The van der Waals surface area contributed by atoms with Crippen molar-refractivity contribution in [2.45, 2.75) is 33.5 Å². The second kappa shape index (κ2) is 6.75. The van der Waals surface area contributed by atoms with Gasteiger partial charge in [0.1, 0.15) is 12.4 Å². The first kappa shape index (κ1) is 17.1. The molecule has 2 aromatic carbocycles. The molecule has 2 heterocycles. The van der Waals surface area contributed by atoms with Gasteiger partial charge in [0.05, 0.1) is 28.6 Å². The summed E-state index contributed by atoms with van der Waals surface area (Å²) in [5.74, 6) is 0.462. The van der Waals surface area contributed by atoms with E-state index in [0.717, 1.165) is 27.6 Å². The summed E-state index contributed by atoms with van der Waals surface area (Å²) in [5, 5.41) is 2.85. The number of nitrogens with zero attached hydrogens (tertiary/aromatic N) is 3. The predicted molar refractivity (Wildman–Crippen MR) is 105 cm³/mol. The molecule has 0 spiro atoms. The molecule has 1 amide bonds. The number of carbonyl (C=O) groups excluding carboxylic acids is 1. The molecule has 4 aromatic rings. The number of carbonyl (C=O) groups is 1. The molecule has 0 aliphatic carbocycles. The van der Waals surface area contributed by atoms with Crippen LogP contribution in [0, 0.1) is 6.92 Å². The zero-order chi connectivity index (χ0) is 19.0. The number of aryl methyl sites for hydroxylation is 2. The van der Waals surface area contributed by atoms with Crippen molar-refractivity contribution in [1.29, 1.82) is 0 Å². The van der Waals surface area contributed by atoms with Crippen molar-refractivity contribution in [3.63, 3.8) is 0 Å². The van der Waals surface area contributed by atoms with E-state index in [0.29, 0.717) is 12.4 Å². The Bertz CT molecular complexity index is 1200. The van der Waals surface area contributed by atoms with E-state index in [1.54, 1.807) is 4.57 Å². The third-order valence-electron chi connectivity index (χ3n) is 4.76. The fourth-order valence-electron chi connectivity index (χ4n) is 3.42. The molecule has 0 atom stereocenters. The Morgan fingerprint density at radius 1 is 1.11 bits per heavy atom. The zero-order valence-electron chi connectivity index (χ0n) is 15.3. The van der Waals surface area contributed by atoms with Gasteiger partial charge in [-0.15, -0.1) is 0 Å². The molecule has 0 fully saturated rings. The van der Waals surface area contributed by atoms with E-state index in [1.165, 1.54) is 4.57 Å². The number of amides is 1. The molecule has 4 rings (SSSR count). The van der Waals surface area contributed by atoms with Gasteiger partial charge in [-0.3, -0.25) is 13.9 Å². The molecule has 2 N–H and O–H groups in total. The number of para-hydroxylation sites is 3. The van der Waals surface area contributed by atoms with Crippen LogP contribution in [0.1, 0.15) is 18.3 Å². The summed E-state index contributed by atoms with van der Waals surface area (Å²) in [6, 6.07) is 13.4. The summed E-state index contributed by atoms with van der Waals surface area (Å²) >= 11 is 0. The van der Waals surface area contributed by atoms with E-state index < -0.39 is 0 Å². The maximum Gasteiger partial charge on any atom is 0.329 e. The van der Waals surface area contributed by atoms with Gasteiger partial charge >= 0.3 is 5.69 Å². The third-order valence-corrected chi connectivity index (χ3v) is 4.76. The van der Waals surface area contributed by atoms with Crippen LogP contribution in [0.2, 0.25) is 0 Å². The predicted octanol–water partition coefficient (Wildman–Crippen LogP) is 2.32. The average molecular weight is 363 g/mol. The van der Waals surface area contributed by atoms with Crippen molar-refractivity contribution in [2.75, 3.05) is 0 Å². The Balaban J connectivity index is 1.53. The number of rotatable bonds is 5. The number of imidazole rings is 2. The standard InChI is InChI=1S/C20H21N5O2/c1-3-24-15-9-4-5-10-16(15)25(20(24)27)12-18(26)21-11-17-22-14-8-6-7-13(2)19(14)23-17/h4-10H,3,11-12H2,1-2H3,(H,21,26)(H,22,23). The molecule has 2 aromatic heterocycles. The number of benzene rings is 2. The number of hydrogen-bond acceptors (Lipinski definition) is 3. The molecule has 7 nitrogen and oxygen atoms in total. The molecule has 0 aliphatic heterocycles. The largest absolute Gasteiger partial charge is 0.347 e. The normalized spacial score (nSPS) is 11.3. The van der Waals surface area contributed by atoms with E-state index in [9.17, 15) is 9.59 Å². The van der Waals surface area contributed by atoms with E-state index in [-0.39, 0.29) is 24.7 Å². The van der Waals surface area contributed by atoms with Crippen LogP contribution in [0.25, 0.3) is 22.1 Å². The van der Waals surface area contributed by atoms with Crippen LogP contribution in [0.5, 0.6) is 0 Å². The highest BCUT2D eigenvalue weighted by Gasteiger charge is 2.14. The number of aromatic amines is 1. The summed E-state index contributed by atoms with van der Waals surface area (Å²) in [5.41, 5.74) is 4.36. The first-order chi connectivity index (χ1) is 13.1. The van der Waals surface area contributed by atoms with Gasteiger partial charge in [-0.2, -0.15) is 0 Å². The van der Waals surface area contributed by atoms with E-state index in [1.807, 2.05) is 56.3 Å². The first-order valence-corrected chi connectivity index (χ1v) is 8.97. The van der Waals surface area contributed by atoms with Crippen molar-refractivity contribution < 1.29 is 4.79 Å². The van der Waals surface area contributed by atoms with Gasteiger partial charge in [-0.1, -0.05) is 24.3 Å². The topological polar surface area (TPSA) is 84.7 Å². The first-order valence-electron chi connectivity index (χ1n) is 8.97. The molecule has 138 valence electrons. The number of fused-ring (bicyclic) bond motifs is 2. The zero-order valence-corrected chi connectivity index (χ0v) is 15.3. The highest BCUT2D eigenvalue weighted by molar-refractivity contribution is 5.81. The Hall–Kier alpha value is -3.35. The smallest absolute Gasteiger partial charge is 0.329 e. The molecular formula is C20H21N5O2. The van der Waals surface area contributed by atoms with Crippen LogP contribution in [-0.2, 0) is 24.4 Å². The van der Waals surface area contributed by atoms with Gasteiger partial charge in [0.15, 0.2) is 0 Å². The summed E-state index contributed by atoms with van der Waals surface area (Å²) in [4.78, 5) is 32.8. The minimum atomic E-state index is -0.228. The second-order valence-corrected chi connectivity index (χ2v) is 6.53. The van der Waals surface area contributed by atoms with Crippen molar-refractivity contribution in [3.05, 3.63) is 64.3 Å². The monoisotopic (exact) mass is 363 g/mol. The third kappa shape index (κ3) is 3.01. The fourth-order valence-corrected chi connectivity index (χ4v) is 3.42. The van der Waals surface area contributed by atoms with Gasteiger partial charge in [-0.25, -0.2) is 9.78 Å². The van der Waals surface area contributed by atoms with Crippen molar-refractivity contribution >= 4 is 28.0 Å². The van der Waals surface area contributed by atoms with Crippen LogP contribution < -0.4 is 11.0 Å². The van der Waals surface area contributed by atoms with E-state index in [4.69, 9.17) is 0 Å². The molecule has 0 bridgehead atoms. The van der Waals surface area contributed by atoms with Gasteiger partial charge in [0.25, 0.3) is 0 Å². The molecule has 0 radical (unpaired) electrons. The SMILES string of the molecule is CCn1c(=O)n(CC(=O)NCc2nc3c(C)cccc3[nH]2)c2ccccc21. The second-order valence-electron chi connectivity index (χ2n) is 6.53. The van der Waals surface area contributed by atoms with Crippen molar-refractivity contribution in [2.24, 2.45) is 0 Å². The lowest BCUT2D eigenvalue weighted by atomic mass is 10.2. The van der Waals surface area contributed by atoms with E-state index >= 15 is 0 Å². The average Bonchev–Trinajstić information content (AvgIpc) is 3.20. The Kier molecular flexibility index (Phi) is 4.27. The summed E-state index contributed by atoms with van der Waals surface area (Å²) < 4.78 is 3.18. The van der Waals surface area contributed by atoms with Crippen LogP contribution in [0.4, 0.5) is 0 Å². The minimum absolute atomic E-state index is 0.0222. The maximum atomic E-state index is 12.6. The van der Waals surface area contributed by atoms with Gasteiger partial charge in [-0.05, 0) is 37.6 Å². The summed E-state index contributed by atoms with van der Waals surface area (Å²) in [6.45, 7) is 4.75. The molecule has 0 unspecified atom stereocenters. The van der Waals surface area contributed by atoms with Crippen LogP contribution >= 0.6 is 0 Å².